The number of carbonyl (C=O) groups is 2. The van der Waals surface area contributed by atoms with Gasteiger partial charge in [-0.1, -0.05) is 50.2 Å². The van der Waals surface area contributed by atoms with E-state index in [0.717, 1.165) is 11.3 Å². The highest BCUT2D eigenvalue weighted by molar-refractivity contribution is 5.97. The van der Waals surface area contributed by atoms with E-state index in [4.69, 9.17) is 9.84 Å². The van der Waals surface area contributed by atoms with E-state index in [1.54, 1.807) is 18.2 Å². The van der Waals surface area contributed by atoms with E-state index < -0.39 is 5.97 Å². The zero-order valence-electron chi connectivity index (χ0n) is 17.9. The summed E-state index contributed by atoms with van der Waals surface area (Å²) in [6, 6.07) is 18.2. The smallest absolute Gasteiger partial charge is 0.337 e. The zero-order valence-corrected chi connectivity index (χ0v) is 17.9. The molecule has 0 fully saturated rings. The number of carboxylic acid groups (broad SMARTS) is 1. The molecular formula is C25H26N2O4. The Hall–Kier alpha value is -3.67. The zero-order chi connectivity index (χ0) is 22.4. The molecule has 0 bridgehead atoms. The molecule has 1 aromatic heterocycles. The van der Waals surface area contributed by atoms with Crippen molar-refractivity contribution < 1.29 is 19.4 Å². The minimum atomic E-state index is -1.01. The summed E-state index contributed by atoms with van der Waals surface area (Å²) in [7, 11) is 0. The van der Waals surface area contributed by atoms with Gasteiger partial charge in [0.2, 0.25) is 0 Å². The number of carbonyl (C=O) groups excluding carboxylic acids is 1. The Balaban J connectivity index is 1.87. The van der Waals surface area contributed by atoms with E-state index in [-0.39, 0.29) is 23.9 Å². The van der Waals surface area contributed by atoms with Crippen LogP contribution in [0.25, 0.3) is 0 Å². The Morgan fingerprint density at radius 2 is 1.77 bits per heavy atom. The van der Waals surface area contributed by atoms with Gasteiger partial charge in [0.1, 0.15) is 11.6 Å². The fraction of sp³-hybridized carbons (Fsp3) is 0.240. The summed E-state index contributed by atoms with van der Waals surface area (Å²) in [6.07, 6.45) is 1.35. The molecule has 0 unspecified atom stereocenters. The molecule has 0 aliphatic rings. The van der Waals surface area contributed by atoms with Crippen LogP contribution in [0.5, 0.6) is 5.75 Å². The molecule has 3 aromatic rings. The van der Waals surface area contributed by atoms with Crippen molar-refractivity contribution >= 4 is 23.3 Å². The van der Waals surface area contributed by atoms with E-state index >= 15 is 0 Å². The maximum absolute atomic E-state index is 12.5. The van der Waals surface area contributed by atoms with Crippen molar-refractivity contribution in [3.63, 3.8) is 0 Å². The third-order valence-corrected chi connectivity index (χ3v) is 4.97. The van der Waals surface area contributed by atoms with Crippen LogP contribution in [-0.2, 0) is 0 Å². The van der Waals surface area contributed by atoms with Crippen LogP contribution in [0.3, 0.4) is 0 Å². The SMILES string of the molecule is CCN(c1ccc(C(C)C)c(OCC(=O)c2ccccc2)c1)c1ccc(C(=O)O)cn1. The van der Waals surface area contributed by atoms with Crippen LogP contribution in [0, 0.1) is 0 Å². The number of aromatic carboxylic acids is 1. The van der Waals surface area contributed by atoms with Crippen molar-refractivity contribution in [3.05, 3.63) is 83.6 Å². The number of hydrogen-bond donors (Lipinski definition) is 1. The normalized spacial score (nSPS) is 10.7. The lowest BCUT2D eigenvalue weighted by Crippen LogP contribution is -2.18. The summed E-state index contributed by atoms with van der Waals surface area (Å²) < 4.78 is 5.96. The summed E-state index contributed by atoms with van der Waals surface area (Å²) in [4.78, 5) is 29.8. The molecule has 2 aromatic carbocycles. The summed E-state index contributed by atoms with van der Waals surface area (Å²) in [5.74, 6) is 0.411. The quantitative estimate of drug-likeness (QED) is 0.474. The molecule has 1 heterocycles. The molecule has 0 aliphatic carbocycles. The molecule has 0 radical (unpaired) electrons. The number of aromatic nitrogens is 1. The minimum absolute atomic E-state index is 0.0507. The molecule has 0 spiro atoms. The highest BCUT2D eigenvalue weighted by Gasteiger charge is 2.16. The molecule has 3 rings (SSSR count). The molecule has 0 amide bonds. The van der Waals surface area contributed by atoms with Gasteiger partial charge in [-0.05, 0) is 36.6 Å². The summed E-state index contributed by atoms with van der Waals surface area (Å²) in [5.41, 5.74) is 2.61. The summed E-state index contributed by atoms with van der Waals surface area (Å²) in [5, 5.41) is 9.10. The molecule has 6 nitrogen and oxygen atoms in total. The van der Waals surface area contributed by atoms with Gasteiger partial charge in [0, 0.05) is 30.1 Å². The first-order valence-corrected chi connectivity index (χ1v) is 10.2. The summed E-state index contributed by atoms with van der Waals surface area (Å²) >= 11 is 0. The van der Waals surface area contributed by atoms with Crippen LogP contribution in [-0.4, -0.2) is 35.0 Å². The lowest BCUT2D eigenvalue weighted by molar-refractivity contribution is 0.0696. The fourth-order valence-electron chi connectivity index (χ4n) is 3.29. The molecule has 160 valence electrons. The van der Waals surface area contributed by atoms with Crippen LogP contribution < -0.4 is 9.64 Å². The fourth-order valence-corrected chi connectivity index (χ4v) is 3.29. The second-order valence-electron chi connectivity index (χ2n) is 7.41. The average molecular weight is 418 g/mol. The highest BCUT2D eigenvalue weighted by atomic mass is 16.5. The van der Waals surface area contributed by atoms with Crippen LogP contribution in [0.4, 0.5) is 11.5 Å². The molecule has 0 atom stereocenters. The number of anilines is 2. The topological polar surface area (TPSA) is 79.7 Å². The van der Waals surface area contributed by atoms with Crippen molar-refractivity contribution in [1.29, 1.82) is 0 Å². The van der Waals surface area contributed by atoms with Crippen LogP contribution in [0.2, 0.25) is 0 Å². The Morgan fingerprint density at radius 3 is 2.35 bits per heavy atom. The van der Waals surface area contributed by atoms with Gasteiger partial charge in [0.05, 0.1) is 5.56 Å². The first-order chi connectivity index (χ1) is 14.9. The van der Waals surface area contributed by atoms with E-state index in [1.165, 1.54) is 12.3 Å². The first kappa shape index (κ1) is 22.0. The highest BCUT2D eigenvalue weighted by Crippen LogP contribution is 2.33. The van der Waals surface area contributed by atoms with Gasteiger partial charge in [-0.3, -0.25) is 4.79 Å². The number of carboxylic acids is 1. The van der Waals surface area contributed by atoms with Crippen LogP contribution in [0.1, 0.15) is 53.0 Å². The molecular weight excluding hydrogens is 392 g/mol. The van der Waals surface area contributed by atoms with Crippen molar-refractivity contribution in [2.75, 3.05) is 18.1 Å². The molecule has 0 saturated heterocycles. The first-order valence-electron chi connectivity index (χ1n) is 10.2. The predicted molar refractivity (Wildman–Crippen MR) is 121 cm³/mol. The van der Waals surface area contributed by atoms with Gasteiger partial charge in [-0.15, -0.1) is 0 Å². The van der Waals surface area contributed by atoms with E-state index in [0.29, 0.717) is 23.7 Å². The van der Waals surface area contributed by atoms with E-state index in [9.17, 15) is 9.59 Å². The van der Waals surface area contributed by atoms with Gasteiger partial charge in [-0.2, -0.15) is 0 Å². The molecule has 0 aliphatic heterocycles. The molecule has 0 saturated carbocycles. The molecule has 6 heteroatoms. The maximum Gasteiger partial charge on any atom is 0.337 e. The van der Waals surface area contributed by atoms with Gasteiger partial charge in [0.25, 0.3) is 0 Å². The van der Waals surface area contributed by atoms with Gasteiger partial charge in [-0.25, -0.2) is 9.78 Å². The summed E-state index contributed by atoms with van der Waals surface area (Å²) in [6.45, 7) is 6.71. The Morgan fingerprint density at radius 1 is 1.03 bits per heavy atom. The van der Waals surface area contributed by atoms with Crippen molar-refractivity contribution in [2.45, 2.75) is 26.7 Å². The number of ether oxygens (including phenoxy) is 1. The van der Waals surface area contributed by atoms with Crippen molar-refractivity contribution in [1.82, 2.24) is 4.98 Å². The molecule has 31 heavy (non-hydrogen) atoms. The lowest BCUT2D eigenvalue weighted by atomic mass is 10.0. The number of benzene rings is 2. The van der Waals surface area contributed by atoms with Crippen LogP contribution >= 0.6 is 0 Å². The van der Waals surface area contributed by atoms with Gasteiger partial charge >= 0.3 is 5.97 Å². The Kier molecular flexibility index (Phi) is 7.03. The number of hydrogen-bond acceptors (Lipinski definition) is 5. The third-order valence-electron chi connectivity index (χ3n) is 4.97. The van der Waals surface area contributed by atoms with Crippen LogP contribution in [0.15, 0.2) is 66.9 Å². The van der Waals surface area contributed by atoms with Crippen molar-refractivity contribution in [3.8, 4) is 5.75 Å². The van der Waals surface area contributed by atoms with Gasteiger partial charge in [0.15, 0.2) is 12.4 Å². The Bertz CT molecular complexity index is 1050. The Labute approximate surface area is 182 Å². The standard InChI is InChI=1S/C25H26N2O4/c1-4-27(24-13-10-19(15-26-24)25(29)30)20-11-12-21(17(2)3)23(14-20)31-16-22(28)18-8-6-5-7-9-18/h5-15,17H,4,16H2,1-3H3,(H,29,30). The van der Waals surface area contributed by atoms with E-state index in [1.807, 2.05) is 48.2 Å². The number of nitrogens with zero attached hydrogens (tertiary/aromatic N) is 2. The van der Waals surface area contributed by atoms with Crippen molar-refractivity contribution in [2.24, 2.45) is 0 Å². The average Bonchev–Trinajstić information content (AvgIpc) is 2.79. The number of rotatable bonds is 9. The third kappa shape index (κ3) is 5.28. The predicted octanol–water partition coefficient (Wildman–Crippen LogP) is 5.32. The maximum atomic E-state index is 12.5. The second-order valence-corrected chi connectivity index (χ2v) is 7.41. The molecule has 1 N–H and O–H groups in total. The lowest BCUT2D eigenvalue weighted by Gasteiger charge is -2.24. The second kappa shape index (κ2) is 9.89. The number of ketones is 1. The number of pyridine rings is 1. The number of Topliss-reactive ketones (excluding diaryl/α,β-unsaturated/α-hetero) is 1. The van der Waals surface area contributed by atoms with Gasteiger partial charge < -0.3 is 14.7 Å². The minimum Gasteiger partial charge on any atom is -0.485 e. The monoisotopic (exact) mass is 418 g/mol. The van der Waals surface area contributed by atoms with E-state index in [2.05, 4.69) is 18.8 Å². The largest absolute Gasteiger partial charge is 0.485 e.